The van der Waals surface area contributed by atoms with Gasteiger partial charge in [0.05, 0.1) is 17.6 Å². The van der Waals surface area contributed by atoms with E-state index in [1.807, 2.05) is 0 Å². The molecule has 0 fully saturated rings. The number of aryl methyl sites for hydroxylation is 1. The molecule has 0 unspecified atom stereocenters. The minimum atomic E-state index is -3.62. The Kier molecular flexibility index (Phi) is 5.91. The summed E-state index contributed by atoms with van der Waals surface area (Å²) in [4.78, 5) is 15.8. The molecule has 0 aliphatic carbocycles. The molecule has 0 radical (unpaired) electrons. The average molecular weight is 402 g/mol. The van der Waals surface area contributed by atoms with E-state index >= 15 is 0 Å². The van der Waals surface area contributed by atoms with Crippen LogP contribution < -0.4 is 10.0 Å². The van der Waals surface area contributed by atoms with Crippen LogP contribution >= 0.6 is 15.9 Å². The van der Waals surface area contributed by atoms with Crippen molar-refractivity contribution in [3.8, 4) is 0 Å². The van der Waals surface area contributed by atoms with Crippen LogP contribution in [0.25, 0.3) is 0 Å². The Labute approximate surface area is 142 Å². The van der Waals surface area contributed by atoms with Gasteiger partial charge in [-0.3, -0.25) is 4.79 Å². The van der Waals surface area contributed by atoms with E-state index in [0.717, 1.165) is 4.47 Å². The van der Waals surface area contributed by atoms with Crippen molar-refractivity contribution in [2.45, 2.75) is 24.8 Å². The van der Waals surface area contributed by atoms with Crippen LogP contribution in [0.2, 0.25) is 0 Å². The SMILES string of the molecule is Cc1cnc(CNC(=O)CCNS(=O)(=O)c2ccc(Br)cc2)o1. The lowest BCUT2D eigenvalue weighted by molar-refractivity contribution is -0.121. The molecule has 0 aliphatic rings. The first kappa shape index (κ1) is 17.6. The van der Waals surface area contributed by atoms with Crippen molar-refractivity contribution in [2.75, 3.05) is 6.54 Å². The van der Waals surface area contributed by atoms with Gasteiger partial charge in [0, 0.05) is 17.4 Å². The maximum Gasteiger partial charge on any atom is 0.240 e. The van der Waals surface area contributed by atoms with E-state index in [0.29, 0.717) is 11.7 Å². The third-order valence-electron chi connectivity index (χ3n) is 2.87. The molecule has 1 aromatic heterocycles. The smallest absolute Gasteiger partial charge is 0.240 e. The predicted octanol–water partition coefficient (Wildman–Crippen LogP) is 1.73. The number of aromatic nitrogens is 1. The topological polar surface area (TPSA) is 101 Å². The Bertz CT molecular complexity index is 772. The van der Waals surface area contributed by atoms with Gasteiger partial charge in [-0.15, -0.1) is 0 Å². The molecule has 0 spiro atoms. The summed E-state index contributed by atoms with van der Waals surface area (Å²) in [5.41, 5.74) is 0. The minimum Gasteiger partial charge on any atom is -0.444 e. The number of sulfonamides is 1. The number of nitrogens with one attached hydrogen (secondary N) is 2. The van der Waals surface area contributed by atoms with Gasteiger partial charge in [0.15, 0.2) is 0 Å². The molecule has 0 saturated carbocycles. The highest BCUT2D eigenvalue weighted by Gasteiger charge is 2.14. The number of benzene rings is 1. The maximum atomic E-state index is 12.0. The summed E-state index contributed by atoms with van der Waals surface area (Å²) in [5.74, 6) is 0.780. The van der Waals surface area contributed by atoms with E-state index in [-0.39, 0.29) is 30.3 Å². The van der Waals surface area contributed by atoms with Crippen molar-refractivity contribution in [3.05, 3.63) is 46.6 Å². The molecule has 124 valence electrons. The van der Waals surface area contributed by atoms with Crippen LogP contribution in [0, 0.1) is 6.92 Å². The quantitative estimate of drug-likeness (QED) is 0.735. The Morgan fingerprint density at radius 2 is 2.00 bits per heavy atom. The minimum absolute atomic E-state index is 0.00877. The summed E-state index contributed by atoms with van der Waals surface area (Å²) in [6.45, 7) is 1.94. The summed E-state index contributed by atoms with van der Waals surface area (Å²) < 4.78 is 32.4. The molecule has 2 aromatic rings. The highest BCUT2D eigenvalue weighted by Crippen LogP contribution is 2.14. The molecule has 1 amide bonds. The summed E-state index contributed by atoms with van der Waals surface area (Å²) >= 11 is 3.24. The van der Waals surface area contributed by atoms with Gasteiger partial charge in [-0.1, -0.05) is 15.9 Å². The zero-order chi connectivity index (χ0) is 16.9. The monoisotopic (exact) mass is 401 g/mol. The van der Waals surface area contributed by atoms with E-state index in [1.54, 1.807) is 25.3 Å². The van der Waals surface area contributed by atoms with Crippen LogP contribution in [-0.2, 0) is 21.4 Å². The van der Waals surface area contributed by atoms with Gasteiger partial charge in [-0.05, 0) is 31.2 Å². The van der Waals surface area contributed by atoms with E-state index in [1.165, 1.54) is 12.1 Å². The zero-order valence-corrected chi connectivity index (χ0v) is 14.8. The van der Waals surface area contributed by atoms with E-state index in [4.69, 9.17) is 4.42 Å². The summed E-state index contributed by atoms with van der Waals surface area (Å²) in [7, 11) is -3.62. The van der Waals surface area contributed by atoms with Crippen molar-refractivity contribution >= 4 is 31.9 Å². The molecule has 2 rings (SSSR count). The zero-order valence-electron chi connectivity index (χ0n) is 12.4. The van der Waals surface area contributed by atoms with Crippen LogP contribution in [0.1, 0.15) is 18.1 Å². The first-order valence-electron chi connectivity index (χ1n) is 6.80. The Morgan fingerprint density at radius 3 is 2.61 bits per heavy atom. The Balaban J connectivity index is 1.77. The third-order valence-corrected chi connectivity index (χ3v) is 4.88. The number of oxazole rings is 1. The second-order valence-corrected chi connectivity index (χ2v) is 7.43. The van der Waals surface area contributed by atoms with Crippen LogP contribution in [0.4, 0.5) is 0 Å². The molecule has 0 aliphatic heterocycles. The average Bonchev–Trinajstić information content (AvgIpc) is 2.91. The standard InChI is InChI=1S/C14H16BrN3O4S/c1-10-8-17-14(22-10)9-16-13(19)6-7-18-23(20,21)12-4-2-11(15)3-5-12/h2-5,8,18H,6-7,9H2,1H3,(H,16,19). The molecule has 1 aromatic carbocycles. The first-order valence-corrected chi connectivity index (χ1v) is 9.08. The number of hydrogen-bond donors (Lipinski definition) is 2. The van der Waals surface area contributed by atoms with E-state index in [2.05, 4.69) is 31.0 Å². The van der Waals surface area contributed by atoms with Gasteiger partial charge >= 0.3 is 0 Å². The molecule has 9 heteroatoms. The van der Waals surface area contributed by atoms with Crippen LogP contribution in [0.5, 0.6) is 0 Å². The first-order chi connectivity index (χ1) is 10.9. The highest BCUT2D eigenvalue weighted by molar-refractivity contribution is 9.10. The lowest BCUT2D eigenvalue weighted by Gasteiger charge is -2.07. The molecular formula is C14H16BrN3O4S. The predicted molar refractivity (Wildman–Crippen MR) is 87.0 cm³/mol. The highest BCUT2D eigenvalue weighted by atomic mass is 79.9. The van der Waals surface area contributed by atoms with Crippen molar-refractivity contribution in [1.82, 2.24) is 15.0 Å². The van der Waals surface area contributed by atoms with E-state index in [9.17, 15) is 13.2 Å². The number of rotatable bonds is 7. The van der Waals surface area contributed by atoms with Crippen LogP contribution in [0.3, 0.4) is 0 Å². The number of carbonyl (C=O) groups excluding carboxylic acids is 1. The van der Waals surface area contributed by atoms with E-state index < -0.39 is 10.0 Å². The number of hydrogen-bond acceptors (Lipinski definition) is 5. The van der Waals surface area contributed by atoms with Gasteiger partial charge in [-0.2, -0.15) is 0 Å². The van der Waals surface area contributed by atoms with Crippen molar-refractivity contribution < 1.29 is 17.6 Å². The molecule has 23 heavy (non-hydrogen) atoms. The fourth-order valence-corrected chi connectivity index (χ4v) is 3.04. The fourth-order valence-electron chi connectivity index (χ4n) is 1.74. The van der Waals surface area contributed by atoms with Gasteiger partial charge in [-0.25, -0.2) is 18.1 Å². The summed E-state index contributed by atoms with van der Waals surface area (Å²) in [5, 5.41) is 2.61. The van der Waals surface area contributed by atoms with Crippen LogP contribution in [0.15, 0.2) is 44.2 Å². The van der Waals surface area contributed by atoms with Gasteiger partial charge in [0.1, 0.15) is 5.76 Å². The van der Waals surface area contributed by atoms with Gasteiger partial charge < -0.3 is 9.73 Å². The Morgan fingerprint density at radius 1 is 1.30 bits per heavy atom. The maximum absolute atomic E-state index is 12.0. The summed E-state index contributed by atoms with van der Waals surface area (Å²) in [6.07, 6.45) is 1.59. The number of halogens is 1. The number of carbonyl (C=O) groups is 1. The largest absolute Gasteiger partial charge is 0.444 e. The molecule has 0 saturated heterocycles. The van der Waals surface area contributed by atoms with Crippen molar-refractivity contribution in [2.24, 2.45) is 0 Å². The number of amides is 1. The molecule has 1 heterocycles. The second-order valence-electron chi connectivity index (χ2n) is 4.74. The third kappa shape index (κ3) is 5.45. The van der Waals surface area contributed by atoms with Crippen molar-refractivity contribution in [1.29, 1.82) is 0 Å². The van der Waals surface area contributed by atoms with Crippen LogP contribution in [-0.4, -0.2) is 25.9 Å². The fraction of sp³-hybridized carbons (Fsp3) is 0.286. The lowest BCUT2D eigenvalue weighted by Crippen LogP contribution is -2.30. The second kappa shape index (κ2) is 7.71. The summed E-state index contributed by atoms with van der Waals surface area (Å²) in [6, 6.07) is 6.24. The number of nitrogens with zero attached hydrogens (tertiary/aromatic N) is 1. The lowest BCUT2D eigenvalue weighted by atomic mass is 10.4. The normalized spacial score (nSPS) is 11.4. The van der Waals surface area contributed by atoms with Crippen molar-refractivity contribution in [3.63, 3.8) is 0 Å². The Hall–Kier alpha value is -1.71. The molecule has 0 atom stereocenters. The molecule has 2 N–H and O–H groups in total. The molecule has 7 nitrogen and oxygen atoms in total. The van der Waals surface area contributed by atoms with Gasteiger partial charge in [0.2, 0.25) is 21.8 Å². The molecule has 0 bridgehead atoms. The molecular weight excluding hydrogens is 386 g/mol. The van der Waals surface area contributed by atoms with Gasteiger partial charge in [0.25, 0.3) is 0 Å².